The quantitative estimate of drug-likeness (QED) is 0.693. The minimum absolute atomic E-state index is 0.149. The van der Waals surface area contributed by atoms with Gasteiger partial charge in [-0.25, -0.2) is 0 Å². The molecule has 1 saturated heterocycles. The smallest absolute Gasteiger partial charge is 0.250 e. The molecule has 0 N–H and O–H groups in total. The van der Waals surface area contributed by atoms with Crippen molar-refractivity contribution < 1.29 is 4.74 Å². The lowest BCUT2D eigenvalue weighted by molar-refractivity contribution is 0.382. The van der Waals surface area contributed by atoms with Gasteiger partial charge in [0.1, 0.15) is 0 Å². The fourth-order valence-corrected chi connectivity index (χ4v) is 2.39. The molecule has 0 radical (unpaired) electrons. The van der Waals surface area contributed by atoms with E-state index in [1.165, 1.54) is 17.7 Å². The van der Waals surface area contributed by atoms with Gasteiger partial charge in [0.15, 0.2) is 0 Å². The third kappa shape index (κ3) is 1.72. The maximum Gasteiger partial charge on any atom is 0.250 e. The Bertz CT molecular complexity index is 432. The number of fused-ring (bicyclic) bond motifs is 1. The van der Waals surface area contributed by atoms with Crippen LogP contribution in [0.4, 0.5) is 0 Å². The highest BCUT2D eigenvalue weighted by Crippen LogP contribution is 2.21. The average Bonchev–Trinajstić information content (AvgIpc) is 2.93. The minimum Gasteiger partial charge on any atom is -0.373 e. The van der Waals surface area contributed by atoms with Crippen LogP contribution in [-0.4, -0.2) is 17.3 Å². The molecule has 1 aliphatic heterocycles. The Balaban J connectivity index is 1.90. The predicted molar refractivity (Wildman–Crippen MR) is 57.1 cm³/mol. The van der Waals surface area contributed by atoms with Crippen LogP contribution in [0.15, 0.2) is 16.9 Å². The highest BCUT2D eigenvalue weighted by molar-refractivity contribution is 5.25. The summed E-state index contributed by atoms with van der Waals surface area (Å²) in [6, 6.07) is 3.70. The van der Waals surface area contributed by atoms with E-state index >= 15 is 0 Å². The number of rotatable bonds is 3. The van der Waals surface area contributed by atoms with E-state index in [0.29, 0.717) is 6.10 Å². The molecular weight excluding hydrogens is 190 g/mol. The molecule has 0 saturated carbocycles. The van der Waals surface area contributed by atoms with Crippen LogP contribution in [0, 0.1) is 0 Å². The standard InChI is InChI=1S/C12H15NO2/c14-12-5-4-9-2-1-3-11(9)13(12)7-6-10-8-15-10/h4-5,10H,1-3,6-8H2. The number of aryl methyl sites for hydroxylation is 1. The fourth-order valence-electron chi connectivity index (χ4n) is 2.39. The van der Waals surface area contributed by atoms with Gasteiger partial charge < -0.3 is 9.30 Å². The molecule has 15 heavy (non-hydrogen) atoms. The van der Waals surface area contributed by atoms with E-state index in [1.807, 2.05) is 10.6 Å². The molecular formula is C12H15NO2. The Morgan fingerprint density at radius 2 is 2.27 bits per heavy atom. The number of hydrogen-bond acceptors (Lipinski definition) is 2. The minimum atomic E-state index is 0.149. The van der Waals surface area contributed by atoms with Gasteiger partial charge in [0.05, 0.1) is 12.7 Å². The van der Waals surface area contributed by atoms with Crippen LogP contribution in [-0.2, 0) is 24.1 Å². The van der Waals surface area contributed by atoms with Crippen molar-refractivity contribution in [3.8, 4) is 0 Å². The summed E-state index contributed by atoms with van der Waals surface area (Å²) < 4.78 is 7.12. The van der Waals surface area contributed by atoms with Gasteiger partial charge in [0.2, 0.25) is 0 Å². The zero-order chi connectivity index (χ0) is 10.3. The molecule has 0 aromatic carbocycles. The summed E-state index contributed by atoms with van der Waals surface area (Å²) in [5, 5.41) is 0. The van der Waals surface area contributed by atoms with Crippen LogP contribution < -0.4 is 5.56 Å². The van der Waals surface area contributed by atoms with Crippen molar-refractivity contribution in [2.45, 2.75) is 38.3 Å². The van der Waals surface area contributed by atoms with Gasteiger partial charge in [0.25, 0.3) is 5.56 Å². The van der Waals surface area contributed by atoms with Crippen LogP contribution >= 0.6 is 0 Å². The van der Waals surface area contributed by atoms with Crippen molar-refractivity contribution in [1.82, 2.24) is 4.57 Å². The Morgan fingerprint density at radius 3 is 3.07 bits per heavy atom. The van der Waals surface area contributed by atoms with Crippen molar-refractivity contribution in [2.75, 3.05) is 6.61 Å². The highest BCUT2D eigenvalue weighted by Gasteiger charge is 2.23. The number of pyridine rings is 1. The predicted octanol–water partition coefficient (Wildman–Crippen LogP) is 1.13. The van der Waals surface area contributed by atoms with E-state index in [2.05, 4.69) is 0 Å². The molecule has 1 aromatic rings. The molecule has 0 bridgehead atoms. The molecule has 3 rings (SSSR count). The zero-order valence-electron chi connectivity index (χ0n) is 8.74. The molecule has 3 nitrogen and oxygen atoms in total. The summed E-state index contributed by atoms with van der Waals surface area (Å²) in [5.74, 6) is 0. The SMILES string of the molecule is O=c1ccc2c(n1CCC1CO1)CCC2. The molecule has 1 aliphatic carbocycles. The number of hydrogen-bond donors (Lipinski definition) is 0. The topological polar surface area (TPSA) is 34.5 Å². The second-order valence-corrected chi connectivity index (χ2v) is 4.39. The van der Waals surface area contributed by atoms with Crippen molar-refractivity contribution in [3.63, 3.8) is 0 Å². The third-order valence-corrected chi connectivity index (χ3v) is 3.33. The molecule has 1 atom stereocenters. The van der Waals surface area contributed by atoms with Crippen LogP contribution in [0.3, 0.4) is 0 Å². The average molecular weight is 205 g/mol. The first-order valence-electron chi connectivity index (χ1n) is 5.68. The van der Waals surface area contributed by atoms with Crippen LogP contribution in [0.2, 0.25) is 0 Å². The first kappa shape index (κ1) is 9.16. The lowest BCUT2D eigenvalue weighted by atomic mass is 10.2. The monoisotopic (exact) mass is 205 g/mol. The van der Waals surface area contributed by atoms with E-state index in [0.717, 1.165) is 32.4 Å². The van der Waals surface area contributed by atoms with E-state index in [1.54, 1.807) is 6.07 Å². The summed E-state index contributed by atoms with van der Waals surface area (Å²) in [5.41, 5.74) is 2.78. The summed E-state index contributed by atoms with van der Waals surface area (Å²) in [4.78, 5) is 11.7. The number of epoxide rings is 1. The van der Waals surface area contributed by atoms with E-state index in [9.17, 15) is 4.79 Å². The molecule has 80 valence electrons. The molecule has 1 fully saturated rings. The highest BCUT2D eigenvalue weighted by atomic mass is 16.6. The van der Waals surface area contributed by atoms with Gasteiger partial charge >= 0.3 is 0 Å². The largest absolute Gasteiger partial charge is 0.373 e. The lowest BCUT2D eigenvalue weighted by Crippen LogP contribution is -2.23. The first-order valence-corrected chi connectivity index (χ1v) is 5.68. The number of ether oxygens (including phenoxy) is 1. The Morgan fingerprint density at radius 1 is 1.40 bits per heavy atom. The molecule has 3 heteroatoms. The van der Waals surface area contributed by atoms with Crippen LogP contribution in [0.1, 0.15) is 24.1 Å². The van der Waals surface area contributed by atoms with Gasteiger partial charge in [-0.2, -0.15) is 0 Å². The van der Waals surface area contributed by atoms with Gasteiger partial charge in [-0.15, -0.1) is 0 Å². The van der Waals surface area contributed by atoms with Gasteiger partial charge in [-0.1, -0.05) is 6.07 Å². The second-order valence-electron chi connectivity index (χ2n) is 4.39. The molecule has 0 spiro atoms. The second kappa shape index (κ2) is 3.49. The molecule has 2 heterocycles. The maximum atomic E-state index is 11.7. The summed E-state index contributed by atoms with van der Waals surface area (Å²) in [6.45, 7) is 1.70. The van der Waals surface area contributed by atoms with Crippen LogP contribution in [0.25, 0.3) is 0 Å². The Kier molecular flexibility index (Phi) is 2.13. The fraction of sp³-hybridized carbons (Fsp3) is 0.583. The van der Waals surface area contributed by atoms with E-state index in [4.69, 9.17) is 4.74 Å². The van der Waals surface area contributed by atoms with Crippen molar-refractivity contribution in [2.24, 2.45) is 0 Å². The summed E-state index contributed by atoms with van der Waals surface area (Å²) in [6.07, 6.45) is 4.79. The first-order chi connectivity index (χ1) is 7.34. The number of aromatic nitrogens is 1. The Hall–Kier alpha value is -1.09. The van der Waals surface area contributed by atoms with Crippen molar-refractivity contribution in [3.05, 3.63) is 33.7 Å². The lowest BCUT2D eigenvalue weighted by Gasteiger charge is -2.10. The number of nitrogens with zero attached hydrogens (tertiary/aromatic N) is 1. The van der Waals surface area contributed by atoms with Crippen molar-refractivity contribution in [1.29, 1.82) is 0 Å². The normalized spacial score (nSPS) is 22.8. The van der Waals surface area contributed by atoms with Gasteiger partial charge in [0, 0.05) is 18.3 Å². The zero-order valence-corrected chi connectivity index (χ0v) is 8.74. The maximum absolute atomic E-state index is 11.7. The van der Waals surface area contributed by atoms with Gasteiger partial charge in [-0.05, 0) is 31.2 Å². The molecule has 2 aliphatic rings. The van der Waals surface area contributed by atoms with Gasteiger partial charge in [-0.3, -0.25) is 4.79 Å². The van der Waals surface area contributed by atoms with E-state index in [-0.39, 0.29) is 5.56 Å². The molecule has 0 amide bonds. The van der Waals surface area contributed by atoms with E-state index < -0.39 is 0 Å². The van der Waals surface area contributed by atoms with Crippen LogP contribution in [0.5, 0.6) is 0 Å². The molecule has 1 aromatic heterocycles. The third-order valence-electron chi connectivity index (χ3n) is 3.33. The van der Waals surface area contributed by atoms with Crippen molar-refractivity contribution >= 4 is 0 Å². The Labute approximate surface area is 88.7 Å². The molecule has 1 unspecified atom stereocenters. The summed E-state index contributed by atoms with van der Waals surface area (Å²) >= 11 is 0. The summed E-state index contributed by atoms with van der Waals surface area (Å²) in [7, 11) is 0.